The molecule has 1 heterocycles. The van der Waals surface area contributed by atoms with Crippen LogP contribution in [0.3, 0.4) is 0 Å². The molecular formula is C7H15NO3. The van der Waals surface area contributed by atoms with Crippen LogP contribution in [0.1, 0.15) is 13.8 Å². The Hall–Kier alpha value is -0.160. The van der Waals surface area contributed by atoms with E-state index in [1.165, 1.54) is 0 Å². The van der Waals surface area contributed by atoms with Gasteiger partial charge in [-0.25, -0.2) is 0 Å². The van der Waals surface area contributed by atoms with E-state index in [9.17, 15) is 15.3 Å². The summed E-state index contributed by atoms with van der Waals surface area (Å²) in [6.45, 7) is 3.55. The monoisotopic (exact) mass is 161 g/mol. The lowest BCUT2D eigenvalue weighted by molar-refractivity contribution is -0.107. The molecule has 1 rings (SSSR count). The second-order valence-corrected chi connectivity index (χ2v) is 3.22. The zero-order valence-electron chi connectivity index (χ0n) is 6.73. The van der Waals surface area contributed by atoms with E-state index in [-0.39, 0.29) is 12.1 Å². The van der Waals surface area contributed by atoms with Crippen molar-refractivity contribution < 1.29 is 15.3 Å². The van der Waals surface area contributed by atoms with Crippen LogP contribution in [0.2, 0.25) is 0 Å². The predicted molar refractivity (Wildman–Crippen MR) is 40.1 cm³/mol. The van der Waals surface area contributed by atoms with Crippen LogP contribution in [0.25, 0.3) is 0 Å². The lowest BCUT2D eigenvalue weighted by atomic mass is 9.92. The first-order chi connectivity index (χ1) is 5.04. The summed E-state index contributed by atoms with van der Waals surface area (Å²) in [7, 11) is 0. The highest BCUT2D eigenvalue weighted by atomic mass is 16.4. The van der Waals surface area contributed by atoms with Gasteiger partial charge in [-0.3, -0.25) is 0 Å². The van der Waals surface area contributed by atoms with Gasteiger partial charge < -0.3 is 20.6 Å². The average Bonchev–Trinajstić information content (AvgIpc) is 1.97. The summed E-state index contributed by atoms with van der Waals surface area (Å²) in [6.07, 6.45) is -2.77. The van der Waals surface area contributed by atoms with Crippen molar-refractivity contribution in [1.82, 2.24) is 5.32 Å². The molecule has 1 saturated heterocycles. The minimum absolute atomic E-state index is 0.164. The highest BCUT2D eigenvalue weighted by Crippen LogP contribution is 2.14. The number of hydrogen-bond acceptors (Lipinski definition) is 4. The second-order valence-electron chi connectivity index (χ2n) is 3.22. The van der Waals surface area contributed by atoms with Gasteiger partial charge in [0.1, 0.15) is 6.10 Å². The first kappa shape index (κ1) is 8.93. The van der Waals surface area contributed by atoms with Gasteiger partial charge in [0.25, 0.3) is 0 Å². The molecule has 0 saturated carbocycles. The zero-order valence-corrected chi connectivity index (χ0v) is 6.73. The van der Waals surface area contributed by atoms with Crippen LogP contribution < -0.4 is 5.32 Å². The second kappa shape index (κ2) is 3.06. The molecule has 0 radical (unpaired) electrons. The van der Waals surface area contributed by atoms with Gasteiger partial charge in [0.2, 0.25) is 0 Å². The molecule has 0 aliphatic carbocycles. The Morgan fingerprint density at radius 3 is 1.55 bits per heavy atom. The molecular weight excluding hydrogens is 146 g/mol. The summed E-state index contributed by atoms with van der Waals surface area (Å²) in [4.78, 5) is 0. The lowest BCUT2D eigenvalue weighted by Crippen LogP contribution is -2.62. The lowest BCUT2D eigenvalue weighted by Gasteiger charge is -2.38. The number of hydrogen-bond donors (Lipinski definition) is 4. The number of aliphatic hydroxyl groups is 3. The maximum absolute atomic E-state index is 9.26. The molecule has 4 atom stereocenters. The molecule has 1 aliphatic rings. The average molecular weight is 161 g/mol. The summed E-state index contributed by atoms with van der Waals surface area (Å²) >= 11 is 0. The Labute approximate surface area is 65.9 Å². The molecule has 1 fully saturated rings. The van der Waals surface area contributed by atoms with Crippen LogP contribution in [0.15, 0.2) is 0 Å². The number of rotatable bonds is 0. The molecule has 4 heteroatoms. The molecule has 4 N–H and O–H groups in total. The van der Waals surface area contributed by atoms with E-state index in [0.717, 1.165) is 0 Å². The first-order valence-electron chi connectivity index (χ1n) is 3.84. The minimum Gasteiger partial charge on any atom is -0.389 e. The SMILES string of the molecule is C[C@@H]1N[C@@H](C)[C@@H](O)C(O)[C@@H]1O. The van der Waals surface area contributed by atoms with Crippen molar-refractivity contribution in [3.05, 3.63) is 0 Å². The van der Waals surface area contributed by atoms with Crippen molar-refractivity contribution in [3.8, 4) is 0 Å². The molecule has 1 aliphatic heterocycles. The fourth-order valence-corrected chi connectivity index (χ4v) is 1.41. The smallest absolute Gasteiger partial charge is 0.109 e. The van der Waals surface area contributed by atoms with E-state index in [1.54, 1.807) is 13.8 Å². The van der Waals surface area contributed by atoms with E-state index >= 15 is 0 Å². The fourth-order valence-electron chi connectivity index (χ4n) is 1.41. The Morgan fingerprint density at radius 2 is 1.18 bits per heavy atom. The van der Waals surface area contributed by atoms with Gasteiger partial charge in [-0.15, -0.1) is 0 Å². The molecule has 0 aromatic heterocycles. The third-order valence-corrected chi connectivity index (χ3v) is 2.25. The molecule has 66 valence electrons. The van der Waals surface area contributed by atoms with E-state index in [2.05, 4.69) is 5.32 Å². The standard InChI is InChI=1S/C7H15NO3/c1-3-5(9)7(11)6(10)4(2)8-3/h3-11H,1-2H3/t3-,4-,5+,6+/m0/s1. The molecule has 0 amide bonds. The summed E-state index contributed by atoms with van der Waals surface area (Å²) in [6, 6.07) is -0.327. The van der Waals surface area contributed by atoms with Gasteiger partial charge in [0.05, 0.1) is 12.2 Å². The maximum Gasteiger partial charge on any atom is 0.109 e. The molecule has 4 nitrogen and oxygen atoms in total. The first-order valence-corrected chi connectivity index (χ1v) is 3.84. The highest BCUT2D eigenvalue weighted by Gasteiger charge is 2.37. The van der Waals surface area contributed by atoms with E-state index in [4.69, 9.17) is 0 Å². The molecule has 11 heavy (non-hydrogen) atoms. The molecule has 0 bridgehead atoms. The number of aliphatic hydroxyl groups excluding tert-OH is 3. The van der Waals surface area contributed by atoms with Crippen molar-refractivity contribution in [2.24, 2.45) is 0 Å². The zero-order chi connectivity index (χ0) is 8.59. The van der Waals surface area contributed by atoms with Crippen LogP contribution >= 0.6 is 0 Å². The Morgan fingerprint density at radius 1 is 0.818 bits per heavy atom. The maximum atomic E-state index is 9.26. The van der Waals surface area contributed by atoms with Crippen LogP contribution in [-0.4, -0.2) is 45.7 Å². The van der Waals surface area contributed by atoms with Crippen LogP contribution in [-0.2, 0) is 0 Å². The summed E-state index contributed by atoms with van der Waals surface area (Å²) < 4.78 is 0. The summed E-state index contributed by atoms with van der Waals surface area (Å²) in [5, 5.41) is 30.7. The van der Waals surface area contributed by atoms with Gasteiger partial charge in [0.15, 0.2) is 0 Å². The van der Waals surface area contributed by atoms with Crippen molar-refractivity contribution in [3.63, 3.8) is 0 Å². The molecule has 0 aromatic rings. The minimum atomic E-state index is -1.03. The summed E-state index contributed by atoms with van der Waals surface area (Å²) in [5.74, 6) is 0. The third-order valence-electron chi connectivity index (χ3n) is 2.25. The Balaban J connectivity index is 2.63. The molecule has 0 unspecified atom stereocenters. The molecule has 0 aromatic carbocycles. The number of piperidine rings is 1. The van der Waals surface area contributed by atoms with Crippen molar-refractivity contribution in [2.75, 3.05) is 0 Å². The van der Waals surface area contributed by atoms with E-state index in [1.807, 2.05) is 0 Å². The van der Waals surface area contributed by atoms with Crippen LogP contribution in [0.5, 0.6) is 0 Å². The van der Waals surface area contributed by atoms with Gasteiger partial charge in [-0.1, -0.05) is 0 Å². The van der Waals surface area contributed by atoms with E-state index < -0.39 is 18.3 Å². The van der Waals surface area contributed by atoms with Crippen molar-refractivity contribution in [1.29, 1.82) is 0 Å². The van der Waals surface area contributed by atoms with Gasteiger partial charge >= 0.3 is 0 Å². The fraction of sp³-hybridized carbons (Fsp3) is 1.00. The van der Waals surface area contributed by atoms with Gasteiger partial charge in [-0.2, -0.15) is 0 Å². The Kier molecular flexibility index (Phi) is 2.49. The normalized spacial score (nSPS) is 52.6. The van der Waals surface area contributed by atoms with Gasteiger partial charge in [-0.05, 0) is 13.8 Å². The summed E-state index contributed by atoms with van der Waals surface area (Å²) in [5.41, 5.74) is 0. The van der Waals surface area contributed by atoms with Crippen LogP contribution in [0.4, 0.5) is 0 Å². The Bertz CT molecular complexity index is 128. The van der Waals surface area contributed by atoms with Gasteiger partial charge in [0, 0.05) is 12.1 Å². The topological polar surface area (TPSA) is 72.7 Å². The van der Waals surface area contributed by atoms with Crippen LogP contribution in [0, 0.1) is 0 Å². The molecule has 0 spiro atoms. The quantitative estimate of drug-likeness (QED) is 0.347. The van der Waals surface area contributed by atoms with Crippen molar-refractivity contribution in [2.45, 2.75) is 44.2 Å². The van der Waals surface area contributed by atoms with E-state index in [0.29, 0.717) is 0 Å². The predicted octanol–water partition coefficient (Wildman–Crippen LogP) is -1.55. The third kappa shape index (κ3) is 1.54. The largest absolute Gasteiger partial charge is 0.389 e. The number of nitrogens with one attached hydrogen (secondary N) is 1. The van der Waals surface area contributed by atoms with Crippen molar-refractivity contribution >= 4 is 0 Å². The highest BCUT2D eigenvalue weighted by molar-refractivity contribution is 4.94.